The van der Waals surface area contributed by atoms with E-state index in [0.717, 1.165) is 17.1 Å². The molecule has 2 heterocycles. The highest BCUT2D eigenvalue weighted by Gasteiger charge is 2.17. The molecule has 1 aromatic carbocycles. The smallest absolute Gasteiger partial charge is 0.316 e. The number of nitrogens with zero attached hydrogens (tertiary/aromatic N) is 6. The maximum absolute atomic E-state index is 12.0. The predicted molar refractivity (Wildman–Crippen MR) is 101 cm³/mol. The van der Waals surface area contributed by atoms with Gasteiger partial charge in [0.05, 0.1) is 9.85 Å². The molecule has 0 unspecified atom stereocenters. The number of amides is 2. The minimum Gasteiger partial charge on any atom is -0.353 e. The number of nitrogens with one attached hydrogen (secondary N) is 2. The van der Waals surface area contributed by atoms with Crippen LogP contribution < -0.4 is 10.6 Å². The van der Waals surface area contributed by atoms with E-state index >= 15 is 0 Å². The molecule has 0 aliphatic rings. The van der Waals surface area contributed by atoms with E-state index in [2.05, 4.69) is 25.9 Å². The average Bonchev–Trinajstić information content (AvgIpc) is 3.41. The summed E-state index contributed by atoms with van der Waals surface area (Å²) in [5, 5.41) is 33.6. The van der Waals surface area contributed by atoms with Crippen LogP contribution in [0.1, 0.15) is 10.7 Å². The topological polar surface area (TPSA) is 201 Å². The summed E-state index contributed by atoms with van der Waals surface area (Å²) >= 11 is 0. The van der Waals surface area contributed by atoms with Gasteiger partial charge in [0, 0.05) is 30.8 Å². The molecule has 0 aliphatic carbocycles. The Morgan fingerprint density at radius 2 is 1.71 bits per heavy atom. The molecule has 0 fully saturated rings. The van der Waals surface area contributed by atoms with Crippen LogP contribution in [0.3, 0.4) is 0 Å². The van der Waals surface area contributed by atoms with Gasteiger partial charge in [-0.2, -0.15) is 10.1 Å². The molecule has 31 heavy (non-hydrogen) atoms. The van der Waals surface area contributed by atoms with Gasteiger partial charge < -0.3 is 15.2 Å². The van der Waals surface area contributed by atoms with Crippen LogP contribution in [-0.2, 0) is 11.3 Å². The zero-order valence-corrected chi connectivity index (χ0v) is 15.6. The first-order valence-corrected chi connectivity index (χ1v) is 8.64. The number of nitro benzene ring substituents is 1. The lowest BCUT2D eigenvalue weighted by Crippen LogP contribution is -2.36. The van der Waals surface area contributed by atoms with E-state index in [1.165, 1.54) is 24.3 Å². The first-order chi connectivity index (χ1) is 14.8. The zero-order chi connectivity index (χ0) is 22.4. The largest absolute Gasteiger partial charge is 0.353 e. The molecule has 0 saturated carbocycles. The second-order valence-electron chi connectivity index (χ2n) is 5.99. The van der Waals surface area contributed by atoms with E-state index in [1.54, 1.807) is 0 Å². The highest BCUT2D eigenvalue weighted by atomic mass is 16.6. The second kappa shape index (κ2) is 9.21. The van der Waals surface area contributed by atoms with E-state index < -0.39 is 21.7 Å². The third-order valence-corrected chi connectivity index (χ3v) is 3.83. The third kappa shape index (κ3) is 5.43. The number of rotatable bonds is 9. The molecule has 0 aliphatic heterocycles. The van der Waals surface area contributed by atoms with E-state index in [9.17, 15) is 29.8 Å². The van der Waals surface area contributed by atoms with Crippen molar-refractivity contribution < 1.29 is 24.0 Å². The minimum absolute atomic E-state index is 0.0546. The Kier molecular flexibility index (Phi) is 6.24. The van der Waals surface area contributed by atoms with Crippen LogP contribution in [0, 0.1) is 20.2 Å². The van der Waals surface area contributed by atoms with Crippen molar-refractivity contribution in [3.63, 3.8) is 0 Å². The van der Waals surface area contributed by atoms with Crippen LogP contribution in [0.15, 0.2) is 41.2 Å². The summed E-state index contributed by atoms with van der Waals surface area (Å²) in [5.74, 6) is -1.35. The SMILES string of the molecule is O=C(Cn1cc([N+](=O)[O-])cn1)NCCNC(=O)c1nc(-c2ccc([N+](=O)[O-])cc2)no1. The number of aromatic nitrogens is 4. The second-order valence-corrected chi connectivity index (χ2v) is 5.99. The summed E-state index contributed by atoms with van der Waals surface area (Å²) < 4.78 is 5.99. The van der Waals surface area contributed by atoms with Crippen LogP contribution in [0.4, 0.5) is 11.4 Å². The number of nitro groups is 2. The van der Waals surface area contributed by atoms with Crippen molar-refractivity contribution in [3.05, 3.63) is 62.8 Å². The molecule has 15 nitrogen and oxygen atoms in total. The molecule has 0 bridgehead atoms. The Morgan fingerprint density at radius 1 is 1.03 bits per heavy atom. The molecule has 0 radical (unpaired) electrons. The average molecular weight is 430 g/mol. The Balaban J connectivity index is 1.44. The number of carbonyl (C=O) groups excluding carboxylic acids is 2. The van der Waals surface area contributed by atoms with Gasteiger partial charge in [0.15, 0.2) is 0 Å². The number of non-ortho nitro benzene ring substituents is 1. The van der Waals surface area contributed by atoms with Gasteiger partial charge in [-0.3, -0.25) is 34.5 Å². The number of hydrogen-bond acceptors (Lipinski definition) is 10. The molecule has 15 heteroatoms. The van der Waals surface area contributed by atoms with Crippen molar-refractivity contribution >= 4 is 23.2 Å². The van der Waals surface area contributed by atoms with Gasteiger partial charge in [-0.1, -0.05) is 5.16 Å². The monoisotopic (exact) mass is 430 g/mol. The summed E-state index contributed by atoms with van der Waals surface area (Å²) in [4.78, 5) is 47.9. The third-order valence-electron chi connectivity index (χ3n) is 3.83. The van der Waals surface area contributed by atoms with Gasteiger partial charge in [-0.15, -0.1) is 0 Å². The van der Waals surface area contributed by atoms with E-state index in [1.807, 2.05) is 0 Å². The van der Waals surface area contributed by atoms with Crippen LogP contribution in [0.2, 0.25) is 0 Å². The summed E-state index contributed by atoms with van der Waals surface area (Å²) in [6, 6.07) is 5.40. The summed E-state index contributed by atoms with van der Waals surface area (Å²) in [7, 11) is 0. The molecular formula is C16H14N8O7. The van der Waals surface area contributed by atoms with Gasteiger partial charge in [0.2, 0.25) is 11.7 Å². The van der Waals surface area contributed by atoms with Gasteiger partial charge in [-0.25, -0.2) is 0 Å². The van der Waals surface area contributed by atoms with Crippen molar-refractivity contribution in [2.75, 3.05) is 13.1 Å². The van der Waals surface area contributed by atoms with Crippen LogP contribution >= 0.6 is 0 Å². The van der Waals surface area contributed by atoms with Gasteiger partial charge in [0.1, 0.15) is 18.9 Å². The number of hydrogen-bond donors (Lipinski definition) is 2. The zero-order valence-electron chi connectivity index (χ0n) is 15.6. The molecule has 3 aromatic rings. The molecule has 0 atom stereocenters. The molecular weight excluding hydrogens is 416 g/mol. The van der Waals surface area contributed by atoms with Crippen molar-refractivity contribution in [2.24, 2.45) is 0 Å². The van der Waals surface area contributed by atoms with E-state index in [0.29, 0.717) is 5.56 Å². The summed E-state index contributed by atoms with van der Waals surface area (Å²) in [6.45, 7) is -0.0829. The fourth-order valence-electron chi connectivity index (χ4n) is 2.36. The molecule has 2 amide bonds. The fraction of sp³-hybridized carbons (Fsp3) is 0.188. The van der Waals surface area contributed by atoms with Crippen LogP contribution in [0.5, 0.6) is 0 Å². The number of carbonyl (C=O) groups is 2. The summed E-state index contributed by atoms with van der Waals surface area (Å²) in [6.07, 6.45) is 2.16. The standard InChI is InChI=1S/C16H14N8O7/c25-13(9-22-8-12(7-19-22)24(29)30)17-5-6-18-15(26)16-20-14(21-31-16)10-1-3-11(4-2-10)23(27)28/h1-4,7-8H,5-6,9H2,(H,17,25)(H,18,26). The van der Waals surface area contributed by atoms with Crippen molar-refractivity contribution in [1.82, 2.24) is 30.6 Å². The molecule has 0 saturated heterocycles. The maximum Gasteiger partial charge on any atom is 0.316 e. The first kappa shape index (κ1) is 21.0. The lowest BCUT2D eigenvalue weighted by atomic mass is 10.2. The van der Waals surface area contributed by atoms with Gasteiger partial charge in [-0.05, 0) is 12.1 Å². The molecule has 0 spiro atoms. The number of benzene rings is 1. The molecule has 2 N–H and O–H groups in total. The van der Waals surface area contributed by atoms with Gasteiger partial charge >= 0.3 is 17.5 Å². The lowest BCUT2D eigenvalue weighted by Gasteiger charge is -2.05. The first-order valence-electron chi connectivity index (χ1n) is 8.64. The van der Waals surface area contributed by atoms with Crippen molar-refractivity contribution in [3.8, 4) is 11.4 Å². The minimum atomic E-state index is -0.669. The fourth-order valence-corrected chi connectivity index (χ4v) is 2.36. The summed E-state index contributed by atoms with van der Waals surface area (Å²) in [5.41, 5.74) is 0.102. The van der Waals surface area contributed by atoms with Gasteiger partial charge in [0.25, 0.3) is 5.69 Å². The molecule has 160 valence electrons. The van der Waals surface area contributed by atoms with Crippen molar-refractivity contribution in [2.45, 2.75) is 6.54 Å². The Hall–Kier alpha value is -4.69. The Labute approximate surface area is 172 Å². The lowest BCUT2D eigenvalue weighted by molar-refractivity contribution is -0.385. The van der Waals surface area contributed by atoms with E-state index in [-0.39, 0.29) is 42.7 Å². The highest BCUT2D eigenvalue weighted by molar-refractivity contribution is 5.89. The van der Waals surface area contributed by atoms with Crippen LogP contribution in [-0.4, -0.2) is 54.7 Å². The normalized spacial score (nSPS) is 10.5. The predicted octanol–water partition coefficient (Wildman–Crippen LogP) is 0.296. The maximum atomic E-state index is 12.0. The Bertz CT molecular complexity index is 1120. The van der Waals surface area contributed by atoms with Crippen LogP contribution in [0.25, 0.3) is 11.4 Å². The molecule has 3 rings (SSSR count). The molecule has 2 aromatic heterocycles. The van der Waals surface area contributed by atoms with Crippen molar-refractivity contribution in [1.29, 1.82) is 0 Å². The van der Waals surface area contributed by atoms with E-state index in [4.69, 9.17) is 4.52 Å². The quantitative estimate of drug-likeness (QED) is 0.270. The highest BCUT2D eigenvalue weighted by Crippen LogP contribution is 2.19. The Morgan fingerprint density at radius 3 is 2.35 bits per heavy atom.